The van der Waals surface area contributed by atoms with Crippen LogP contribution in [0.1, 0.15) is 5.56 Å². The van der Waals surface area contributed by atoms with E-state index in [1.165, 1.54) is 0 Å². The zero-order valence-corrected chi connectivity index (χ0v) is 11.7. The molecule has 0 bridgehead atoms. The maximum Gasteiger partial charge on any atom is 0.251 e. The number of benzene rings is 1. The molecule has 2 aromatic heterocycles. The zero-order chi connectivity index (χ0) is 15.7. The van der Waals surface area contributed by atoms with Crippen LogP contribution in [0.15, 0.2) is 30.6 Å². The van der Waals surface area contributed by atoms with Crippen molar-refractivity contribution < 1.29 is 13.2 Å². The third kappa shape index (κ3) is 2.50. The van der Waals surface area contributed by atoms with E-state index in [1.807, 2.05) is 19.3 Å². The molecule has 0 fully saturated rings. The first-order chi connectivity index (χ1) is 10.6. The molecule has 0 amide bonds. The summed E-state index contributed by atoms with van der Waals surface area (Å²) in [6.07, 6.45) is 2.50. The Morgan fingerprint density at radius 3 is 2.82 bits per heavy atom. The van der Waals surface area contributed by atoms with Gasteiger partial charge >= 0.3 is 0 Å². The third-order valence-corrected chi connectivity index (χ3v) is 3.33. The first-order valence-corrected chi connectivity index (χ1v) is 6.61. The summed E-state index contributed by atoms with van der Waals surface area (Å²) in [5.41, 5.74) is 1.77. The Morgan fingerprint density at radius 1 is 1.23 bits per heavy atom. The van der Waals surface area contributed by atoms with Crippen molar-refractivity contribution in [1.82, 2.24) is 15.3 Å². The molecule has 0 aliphatic carbocycles. The van der Waals surface area contributed by atoms with E-state index < -0.39 is 23.3 Å². The molecule has 114 valence electrons. The van der Waals surface area contributed by atoms with Gasteiger partial charge in [-0.3, -0.25) is 0 Å². The van der Waals surface area contributed by atoms with Gasteiger partial charge in [-0.25, -0.2) is 9.37 Å². The molecule has 0 unspecified atom stereocenters. The highest BCUT2D eigenvalue weighted by molar-refractivity contribution is 5.87. The maximum absolute atomic E-state index is 13.6. The average molecular weight is 306 g/mol. The molecule has 1 aromatic carbocycles. The summed E-state index contributed by atoms with van der Waals surface area (Å²) in [5, 5.41) is 6.61. The Bertz CT molecular complexity index is 829. The first-order valence-electron chi connectivity index (χ1n) is 6.61. The van der Waals surface area contributed by atoms with Crippen molar-refractivity contribution in [3.8, 4) is 0 Å². The number of aromatic amines is 1. The molecule has 0 aliphatic heterocycles. The zero-order valence-electron chi connectivity index (χ0n) is 11.7. The van der Waals surface area contributed by atoms with Crippen LogP contribution in [0.5, 0.6) is 0 Å². The van der Waals surface area contributed by atoms with Crippen molar-refractivity contribution in [2.24, 2.45) is 0 Å². The molecule has 3 aromatic rings. The van der Waals surface area contributed by atoms with E-state index in [1.54, 1.807) is 12.1 Å². The van der Waals surface area contributed by atoms with Gasteiger partial charge in [0, 0.05) is 29.3 Å². The highest BCUT2D eigenvalue weighted by atomic mass is 19.2. The molecule has 7 heteroatoms. The number of halogens is 3. The topological polar surface area (TPSA) is 52.7 Å². The molecule has 0 spiro atoms. The van der Waals surface area contributed by atoms with Gasteiger partial charge in [-0.15, -0.1) is 0 Å². The number of rotatable bonds is 4. The Kier molecular flexibility index (Phi) is 3.72. The van der Waals surface area contributed by atoms with Gasteiger partial charge in [0.25, 0.3) is 5.95 Å². The number of H-pyrrole nitrogens is 1. The fourth-order valence-corrected chi connectivity index (χ4v) is 2.30. The highest BCUT2D eigenvalue weighted by Gasteiger charge is 2.15. The summed E-state index contributed by atoms with van der Waals surface area (Å²) < 4.78 is 40.3. The van der Waals surface area contributed by atoms with Crippen molar-refractivity contribution in [3.63, 3.8) is 0 Å². The van der Waals surface area contributed by atoms with Gasteiger partial charge < -0.3 is 15.6 Å². The van der Waals surface area contributed by atoms with Crippen LogP contribution >= 0.6 is 0 Å². The van der Waals surface area contributed by atoms with Crippen molar-refractivity contribution >= 4 is 22.3 Å². The summed E-state index contributed by atoms with van der Waals surface area (Å²) in [4.78, 5) is 6.07. The van der Waals surface area contributed by atoms with E-state index in [4.69, 9.17) is 0 Å². The summed E-state index contributed by atoms with van der Waals surface area (Å²) in [7, 11) is 1.85. The van der Waals surface area contributed by atoms with E-state index in [2.05, 4.69) is 20.6 Å². The van der Waals surface area contributed by atoms with E-state index in [9.17, 15) is 13.2 Å². The van der Waals surface area contributed by atoms with Gasteiger partial charge in [0.05, 0.1) is 6.20 Å². The lowest BCUT2D eigenvalue weighted by Gasteiger charge is -2.09. The lowest BCUT2D eigenvalue weighted by Crippen LogP contribution is -2.04. The Hall–Kier alpha value is -2.54. The van der Waals surface area contributed by atoms with E-state index in [-0.39, 0.29) is 0 Å². The molecule has 0 aliphatic rings. The average Bonchev–Trinajstić information content (AvgIpc) is 2.91. The van der Waals surface area contributed by atoms with Crippen LogP contribution in [-0.4, -0.2) is 17.0 Å². The molecular weight excluding hydrogens is 293 g/mol. The minimum atomic E-state index is -1.35. The fraction of sp³-hybridized carbons (Fsp3) is 0.133. The maximum atomic E-state index is 13.6. The fourth-order valence-electron chi connectivity index (χ4n) is 2.30. The van der Waals surface area contributed by atoms with Crippen molar-refractivity contribution in [2.45, 2.75) is 6.54 Å². The van der Waals surface area contributed by atoms with E-state index >= 15 is 0 Å². The number of pyridine rings is 1. The standard InChI is InChI=1S/C15H13F3N4/c1-19-5-8-6-20-12-4-9(2-3-10(8)12)22-14-11(16)7-21-15(18)13(14)17/h2-4,6-7,19-20H,5H2,1H3,(H,21,22). The second kappa shape index (κ2) is 5.69. The van der Waals surface area contributed by atoms with Gasteiger partial charge in [0.2, 0.25) is 5.82 Å². The molecule has 3 N–H and O–H groups in total. The number of anilines is 2. The van der Waals surface area contributed by atoms with Crippen LogP contribution in [0, 0.1) is 17.6 Å². The van der Waals surface area contributed by atoms with E-state index in [0.29, 0.717) is 18.4 Å². The van der Waals surface area contributed by atoms with Gasteiger partial charge in [0.1, 0.15) is 5.69 Å². The summed E-state index contributed by atoms with van der Waals surface area (Å²) >= 11 is 0. The summed E-state index contributed by atoms with van der Waals surface area (Å²) in [6.45, 7) is 0.700. The monoisotopic (exact) mass is 306 g/mol. The predicted molar refractivity (Wildman–Crippen MR) is 78.5 cm³/mol. The van der Waals surface area contributed by atoms with Gasteiger partial charge in [-0.05, 0) is 24.7 Å². The molecule has 0 saturated carbocycles. The number of hydrogen-bond acceptors (Lipinski definition) is 3. The van der Waals surface area contributed by atoms with Crippen molar-refractivity contribution in [1.29, 1.82) is 0 Å². The molecule has 4 nitrogen and oxygen atoms in total. The minimum Gasteiger partial charge on any atom is -0.361 e. The lowest BCUT2D eigenvalue weighted by atomic mass is 10.1. The van der Waals surface area contributed by atoms with Crippen LogP contribution < -0.4 is 10.6 Å². The minimum absolute atomic E-state index is 0.439. The Labute approximate surface area is 124 Å². The lowest BCUT2D eigenvalue weighted by molar-refractivity contribution is 0.469. The van der Waals surface area contributed by atoms with Gasteiger partial charge in [-0.2, -0.15) is 8.78 Å². The number of fused-ring (bicyclic) bond motifs is 1. The van der Waals surface area contributed by atoms with Crippen LogP contribution in [0.3, 0.4) is 0 Å². The molecular formula is C15H13F3N4. The van der Waals surface area contributed by atoms with Crippen molar-refractivity contribution in [2.75, 3.05) is 12.4 Å². The quantitative estimate of drug-likeness (QED) is 0.647. The highest BCUT2D eigenvalue weighted by Crippen LogP contribution is 2.27. The van der Waals surface area contributed by atoms with Gasteiger partial charge in [0.15, 0.2) is 5.82 Å². The van der Waals surface area contributed by atoms with Gasteiger partial charge in [-0.1, -0.05) is 6.07 Å². The molecule has 0 radical (unpaired) electrons. The number of hydrogen-bond donors (Lipinski definition) is 3. The number of nitrogens with zero attached hydrogens (tertiary/aromatic N) is 1. The normalized spacial score (nSPS) is 11.1. The molecule has 22 heavy (non-hydrogen) atoms. The summed E-state index contributed by atoms with van der Waals surface area (Å²) in [6, 6.07) is 5.20. The number of nitrogens with one attached hydrogen (secondary N) is 3. The molecule has 0 atom stereocenters. The smallest absolute Gasteiger partial charge is 0.251 e. The Balaban J connectivity index is 1.97. The largest absolute Gasteiger partial charge is 0.361 e. The van der Waals surface area contributed by atoms with Crippen molar-refractivity contribution in [3.05, 3.63) is 53.7 Å². The summed E-state index contributed by atoms with van der Waals surface area (Å²) in [5.74, 6) is -3.65. The Morgan fingerprint density at radius 2 is 2.05 bits per heavy atom. The second-order valence-electron chi connectivity index (χ2n) is 4.82. The molecule has 0 saturated heterocycles. The molecule has 2 heterocycles. The number of aromatic nitrogens is 2. The van der Waals surface area contributed by atoms with Crippen LogP contribution in [0.2, 0.25) is 0 Å². The first kappa shape index (κ1) is 14.4. The van der Waals surface area contributed by atoms with Crippen LogP contribution in [0.4, 0.5) is 24.5 Å². The van der Waals surface area contributed by atoms with E-state index in [0.717, 1.165) is 16.5 Å². The molecule has 3 rings (SSSR count). The third-order valence-electron chi connectivity index (χ3n) is 3.33. The predicted octanol–water partition coefficient (Wildman–Crippen LogP) is 3.44. The van der Waals surface area contributed by atoms with Crippen LogP contribution in [0.25, 0.3) is 10.9 Å². The van der Waals surface area contributed by atoms with Crippen LogP contribution in [-0.2, 0) is 6.54 Å². The SMILES string of the molecule is CNCc1c[nH]c2cc(Nc3c(F)cnc(F)c3F)ccc12. The second-order valence-corrected chi connectivity index (χ2v) is 4.82.